The van der Waals surface area contributed by atoms with Crippen molar-refractivity contribution in [2.45, 2.75) is 41.0 Å². The van der Waals surface area contributed by atoms with E-state index in [2.05, 4.69) is 80.7 Å². The standard InChI is InChI=1S/C26H34N4/c1-7-19-10-11-22-21(16-19)23-18(5)24-20(17(4)25(23)29(22)6)12-13-27-26(24)28-14-15-30(8-2)9-3/h10-13,16H,7-9,14-15H2,1-6H3,(H,27,28). The third-order valence-electron chi connectivity index (χ3n) is 6.75. The van der Waals surface area contributed by atoms with Gasteiger partial charge in [-0.25, -0.2) is 4.98 Å². The number of benzene rings is 2. The molecule has 0 aliphatic carbocycles. The lowest BCUT2D eigenvalue weighted by Crippen LogP contribution is -2.28. The fourth-order valence-electron chi connectivity index (χ4n) is 4.94. The monoisotopic (exact) mass is 402 g/mol. The maximum atomic E-state index is 4.75. The van der Waals surface area contributed by atoms with Crippen LogP contribution in [0.1, 0.15) is 37.5 Å². The summed E-state index contributed by atoms with van der Waals surface area (Å²) in [6.45, 7) is 15.3. The lowest BCUT2D eigenvalue weighted by Gasteiger charge is -2.19. The second kappa shape index (κ2) is 8.27. The minimum absolute atomic E-state index is 0.903. The normalized spacial score (nSPS) is 12.0. The molecule has 4 nitrogen and oxygen atoms in total. The highest BCUT2D eigenvalue weighted by molar-refractivity contribution is 6.18. The molecule has 0 radical (unpaired) electrons. The Labute approximate surface area is 179 Å². The number of likely N-dealkylation sites (N-methyl/N-ethyl adjacent to an activating group) is 1. The average Bonchev–Trinajstić information content (AvgIpc) is 3.07. The summed E-state index contributed by atoms with van der Waals surface area (Å²) in [5, 5.41) is 8.91. The molecule has 1 N–H and O–H groups in total. The van der Waals surface area contributed by atoms with Gasteiger partial charge in [0.05, 0.1) is 5.52 Å². The predicted molar refractivity (Wildman–Crippen MR) is 131 cm³/mol. The van der Waals surface area contributed by atoms with Gasteiger partial charge in [0, 0.05) is 48.0 Å². The molecule has 158 valence electrons. The van der Waals surface area contributed by atoms with Gasteiger partial charge in [-0.2, -0.15) is 0 Å². The highest BCUT2D eigenvalue weighted by Crippen LogP contribution is 2.40. The van der Waals surface area contributed by atoms with Gasteiger partial charge in [0.1, 0.15) is 5.82 Å². The summed E-state index contributed by atoms with van der Waals surface area (Å²) in [4.78, 5) is 7.18. The minimum atomic E-state index is 0.903. The van der Waals surface area contributed by atoms with Crippen LogP contribution in [-0.2, 0) is 13.5 Å². The van der Waals surface area contributed by atoms with Crippen LogP contribution >= 0.6 is 0 Å². The molecule has 0 saturated heterocycles. The molecule has 0 aliphatic rings. The number of nitrogens with zero attached hydrogens (tertiary/aromatic N) is 3. The Balaban J connectivity index is 1.93. The van der Waals surface area contributed by atoms with E-state index in [1.807, 2.05) is 6.20 Å². The molecule has 2 aromatic carbocycles. The van der Waals surface area contributed by atoms with E-state index in [1.54, 1.807) is 0 Å². The van der Waals surface area contributed by atoms with Crippen LogP contribution < -0.4 is 5.32 Å². The highest BCUT2D eigenvalue weighted by atomic mass is 15.1. The van der Waals surface area contributed by atoms with Crippen molar-refractivity contribution < 1.29 is 0 Å². The smallest absolute Gasteiger partial charge is 0.134 e. The van der Waals surface area contributed by atoms with Crippen molar-refractivity contribution in [2.75, 3.05) is 31.5 Å². The third-order valence-corrected chi connectivity index (χ3v) is 6.75. The van der Waals surface area contributed by atoms with Crippen molar-refractivity contribution in [3.8, 4) is 0 Å². The molecule has 4 heteroatoms. The largest absolute Gasteiger partial charge is 0.368 e. The Hall–Kier alpha value is -2.59. The van der Waals surface area contributed by atoms with Gasteiger partial charge < -0.3 is 14.8 Å². The van der Waals surface area contributed by atoms with Crippen LogP contribution in [0.3, 0.4) is 0 Å². The van der Waals surface area contributed by atoms with E-state index in [-0.39, 0.29) is 0 Å². The Morgan fingerprint density at radius 2 is 1.73 bits per heavy atom. The van der Waals surface area contributed by atoms with Crippen molar-refractivity contribution in [1.82, 2.24) is 14.5 Å². The van der Waals surface area contributed by atoms with E-state index in [0.29, 0.717) is 0 Å². The van der Waals surface area contributed by atoms with E-state index in [1.165, 1.54) is 49.3 Å². The molecular weight excluding hydrogens is 368 g/mol. The first-order chi connectivity index (χ1) is 14.5. The van der Waals surface area contributed by atoms with E-state index >= 15 is 0 Å². The summed E-state index contributed by atoms with van der Waals surface area (Å²) in [5.74, 6) is 1.01. The summed E-state index contributed by atoms with van der Waals surface area (Å²) >= 11 is 0. The lowest BCUT2D eigenvalue weighted by molar-refractivity contribution is 0.316. The maximum absolute atomic E-state index is 4.75. The summed E-state index contributed by atoms with van der Waals surface area (Å²) in [6.07, 6.45) is 3.00. The molecule has 0 amide bonds. The summed E-state index contributed by atoms with van der Waals surface area (Å²) in [5.41, 5.74) is 6.67. The van der Waals surface area contributed by atoms with E-state index in [0.717, 1.165) is 38.4 Å². The zero-order valence-corrected chi connectivity index (χ0v) is 19.3. The minimum Gasteiger partial charge on any atom is -0.368 e. The van der Waals surface area contributed by atoms with Gasteiger partial charge in [-0.3, -0.25) is 0 Å². The van der Waals surface area contributed by atoms with E-state index in [4.69, 9.17) is 4.98 Å². The molecule has 4 rings (SSSR count). The molecule has 0 saturated carbocycles. The first kappa shape index (κ1) is 20.7. The molecule has 0 aliphatic heterocycles. The summed E-state index contributed by atoms with van der Waals surface area (Å²) in [7, 11) is 2.19. The third kappa shape index (κ3) is 3.24. The van der Waals surface area contributed by atoms with Crippen molar-refractivity contribution in [1.29, 1.82) is 0 Å². The van der Waals surface area contributed by atoms with Crippen LogP contribution in [0, 0.1) is 13.8 Å². The lowest BCUT2D eigenvalue weighted by atomic mass is 9.95. The van der Waals surface area contributed by atoms with Gasteiger partial charge in [-0.15, -0.1) is 0 Å². The molecule has 0 fully saturated rings. The molecule has 2 aromatic heterocycles. The van der Waals surface area contributed by atoms with Gasteiger partial charge in [0.15, 0.2) is 0 Å². The zero-order valence-electron chi connectivity index (χ0n) is 19.3. The molecule has 0 bridgehead atoms. The van der Waals surface area contributed by atoms with Gasteiger partial charge in [-0.05, 0) is 73.6 Å². The van der Waals surface area contributed by atoms with E-state index in [9.17, 15) is 0 Å². The van der Waals surface area contributed by atoms with Crippen LogP contribution in [0.15, 0.2) is 30.5 Å². The van der Waals surface area contributed by atoms with Crippen molar-refractivity contribution in [2.24, 2.45) is 7.05 Å². The number of aryl methyl sites for hydroxylation is 4. The van der Waals surface area contributed by atoms with Gasteiger partial charge in [0.2, 0.25) is 0 Å². The number of anilines is 1. The number of fused-ring (bicyclic) bond motifs is 4. The molecule has 30 heavy (non-hydrogen) atoms. The van der Waals surface area contributed by atoms with Gasteiger partial charge in [0.25, 0.3) is 0 Å². The predicted octanol–water partition coefficient (Wildman–Crippen LogP) is 5.81. The molecule has 0 atom stereocenters. The first-order valence-electron chi connectivity index (χ1n) is 11.3. The van der Waals surface area contributed by atoms with Crippen LogP contribution in [0.25, 0.3) is 32.6 Å². The van der Waals surface area contributed by atoms with Crippen molar-refractivity contribution in [3.63, 3.8) is 0 Å². The number of rotatable bonds is 7. The number of nitrogens with one attached hydrogen (secondary N) is 1. The number of hydrogen-bond donors (Lipinski definition) is 1. The summed E-state index contributed by atoms with van der Waals surface area (Å²) < 4.78 is 2.36. The van der Waals surface area contributed by atoms with Crippen LogP contribution in [0.2, 0.25) is 0 Å². The van der Waals surface area contributed by atoms with Crippen molar-refractivity contribution >= 4 is 38.4 Å². The Morgan fingerprint density at radius 3 is 2.43 bits per heavy atom. The SMILES string of the molecule is CCc1ccc2c(c1)c1c(C)c3c(NCCN(CC)CC)nccc3c(C)c1n2C. The Bertz CT molecular complexity index is 1210. The van der Waals surface area contributed by atoms with Crippen molar-refractivity contribution in [3.05, 3.63) is 47.2 Å². The van der Waals surface area contributed by atoms with Crippen LogP contribution in [0.5, 0.6) is 0 Å². The molecule has 0 unspecified atom stereocenters. The first-order valence-corrected chi connectivity index (χ1v) is 11.3. The topological polar surface area (TPSA) is 33.1 Å². The van der Waals surface area contributed by atoms with Crippen LogP contribution in [-0.4, -0.2) is 40.6 Å². The van der Waals surface area contributed by atoms with Gasteiger partial charge in [-0.1, -0.05) is 26.8 Å². The molecule has 2 heterocycles. The molecule has 0 spiro atoms. The molecule has 4 aromatic rings. The Kier molecular flexibility index (Phi) is 5.70. The average molecular weight is 403 g/mol. The second-order valence-corrected chi connectivity index (χ2v) is 8.27. The van der Waals surface area contributed by atoms with Crippen LogP contribution in [0.4, 0.5) is 5.82 Å². The second-order valence-electron chi connectivity index (χ2n) is 8.27. The highest BCUT2D eigenvalue weighted by Gasteiger charge is 2.19. The van der Waals surface area contributed by atoms with E-state index < -0.39 is 0 Å². The number of hydrogen-bond acceptors (Lipinski definition) is 3. The number of pyridine rings is 1. The maximum Gasteiger partial charge on any atom is 0.134 e. The zero-order chi connectivity index (χ0) is 21.4. The molecular formula is C26H34N4. The Morgan fingerprint density at radius 1 is 0.967 bits per heavy atom. The number of aromatic nitrogens is 2. The van der Waals surface area contributed by atoms with Gasteiger partial charge >= 0.3 is 0 Å². The summed E-state index contributed by atoms with van der Waals surface area (Å²) in [6, 6.07) is 9.08. The fraction of sp³-hybridized carbons (Fsp3) is 0.423. The fourth-order valence-corrected chi connectivity index (χ4v) is 4.94. The quantitative estimate of drug-likeness (QED) is 0.423.